The molecule has 0 aromatic heterocycles. The molecule has 2 nitrogen and oxygen atoms in total. The van der Waals surface area contributed by atoms with Crippen molar-refractivity contribution in [2.75, 3.05) is 0 Å². The summed E-state index contributed by atoms with van der Waals surface area (Å²) in [5.41, 5.74) is 0. The third kappa shape index (κ3) is 3.89. The van der Waals surface area contributed by atoms with Gasteiger partial charge in [-0.1, -0.05) is 18.7 Å². The lowest BCUT2D eigenvalue weighted by Gasteiger charge is -2.08. The second-order valence-electron chi connectivity index (χ2n) is 1.91. The molecule has 1 atom stereocenters. The standard InChI is InChI=1S/C8H12O2/c1-4-6-8(5-2)10-7(3)9/h4-5,8H,1-2,6H2,3H3. The van der Waals surface area contributed by atoms with Crippen molar-refractivity contribution in [2.24, 2.45) is 0 Å². The Morgan fingerprint density at radius 2 is 2.30 bits per heavy atom. The van der Waals surface area contributed by atoms with Crippen LogP contribution in [0.2, 0.25) is 0 Å². The van der Waals surface area contributed by atoms with Crippen LogP contribution in [0.3, 0.4) is 0 Å². The van der Waals surface area contributed by atoms with Crippen LogP contribution in [0, 0.1) is 0 Å². The molecular weight excluding hydrogens is 128 g/mol. The van der Waals surface area contributed by atoms with E-state index in [1.165, 1.54) is 6.92 Å². The Balaban J connectivity index is 3.70. The molecule has 0 radical (unpaired) electrons. The topological polar surface area (TPSA) is 26.3 Å². The van der Waals surface area contributed by atoms with Crippen molar-refractivity contribution < 1.29 is 9.53 Å². The molecule has 0 aliphatic carbocycles. The summed E-state index contributed by atoms with van der Waals surface area (Å²) >= 11 is 0. The molecule has 0 rings (SSSR count). The van der Waals surface area contributed by atoms with Gasteiger partial charge in [0.25, 0.3) is 0 Å². The number of carbonyl (C=O) groups is 1. The Kier molecular flexibility index (Phi) is 4.29. The molecule has 0 bridgehead atoms. The lowest BCUT2D eigenvalue weighted by atomic mass is 10.2. The third-order valence-electron chi connectivity index (χ3n) is 0.979. The first kappa shape index (κ1) is 8.95. The molecule has 0 saturated heterocycles. The van der Waals surface area contributed by atoms with E-state index in [1.54, 1.807) is 12.2 Å². The molecule has 0 saturated carbocycles. The summed E-state index contributed by atoms with van der Waals surface area (Å²) in [6.45, 7) is 8.40. The zero-order chi connectivity index (χ0) is 7.98. The zero-order valence-electron chi connectivity index (χ0n) is 6.17. The minimum Gasteiger partial charge on any atom is -0.458 e. The van der Waals surface area contributed by atoms with E-state index in [2.05, 4.69) is 13.2 Å². The molecule has 2 heteroatoms. The first-order valence-corrected chi connectivity index (χ1v) is 3.11. The maximum absolute atomic E-state index is 10.4. The van der Waals surface area contributed by atoms with Crippen LogP contribution in [0.25, 0.3) is 0 Å². The van der Waals surface area contributed by atoms with Gasteiger partial charge < -0.3 is 4.74 Å². The van der Waals surface area contributed by atoms with Crippen molar-refractivity contribution in [2.45, 2.75) is 19.4 Å². The largest absolute Gasteiger partial charge is 0.458 e. The van der Waals surface area contributed by atoms with Crippen molar-refractivity contribution in [1.29, 1.82) is 0 Å². The van der Waals surface area contributed by atoms with Crippen molar-refractivity contribution >= 4 is 5.97 Å². The van der Waals surface area contributed by atoms with Gasteiger partial charge in [-0.25, -0.2) is 0 Å². The van der Waals surface area contributed by atoms with E-state index in [0.29, 0.717) is 6.42 Å². The van der Waals surface area contributed by atoms with Crippen LogP contribution in [-0.2, 0) is 9.53 Å². The van der Waals surface area contributed by atoms with E-state index in [1.807, 2.05) is 0 Å². The van der Waals surface area contributed by atoms with Crippen molar-refractivity contribution in [1.82, 2.24) is 0 Å². The van der Waals surface area contributed by atoms with Gasteiger partial charge in [0.15, 0.2) is 0 Å². The quantitative estimate of drug-likeness (QED) is 0.438. The predicted octanol–water partition coefficient (Wildman–Crippen LogP) is 1.68. The Morgan fingerprint density at radius 3 is 2.60 bits per heavy atom. The summed E-state index contributed by atoms with van der Waals surface area (Å²) in [6, 6.07) is 0. The van der Waals surface area contributed by atoms with Gasteiger partial charge in [0.2, 0.25) is 0 Å². The van der Waals surface area contributed by atoms with E-state index in [-0.39, 0.29) is 12.1 Å². The number of hydrogen-bond donors (Lipinski definition) is 0. The molecular formula is C8H12O2. The maximum Gasteiger partial charge on any atom is 0.303 e. The first-order chi connectivity index (χ1) is 4.70. The minimum atomic E-state index is -0.285. The predicted molar refractivity (Wildman–Crippen MR) is 40.6 cm³/mol. The van der Waals surface area contributed by atoms with E-state index >= 15 is 0 Å². The molecule has 0 aromatic carbocycles. The van der Waals surface area contributed by atoms with Crippen LogP contribution in [0.1, 0.15) is 13.3 Å². The molecule has 0 amide bonds. The van der Waals surface area contributed by atoms with E-state index in [0.717, 1.165) is 0 Å². The molecule has 0 fully saturated rings. The fourth-order valence-corrected chi connectivity index (χ4v) is 0.570. The van der Waals surface area contributed by atoms with Gasteiger partial charge in [0.1, 0.15) is 6.10 Å². The van der Waals surface area contributed by atoms with Crippen LogP contribution >= 0.6 is 0 Å². The molecule has 1 unspecified atom stereocenters. The van der Waals surface area contributed by atoms with Gasteiger partial charge in [-0.3, -0.25) is 4.79 Å². The molecule has 0 heterocycles. The Morgan fingerprint density at radius 1 is 1.70 bits per heavy atom. The zero-order valence-corrected chi connectivity index (χ0v) is 6.17. The monoisotopic (exact) mass is 140 g/mol. The van der Waals surface area contributed by atoms with E-state index in [4.69, 9.17) is 4.74 Å². The number of hydrogen-bond acceptors (Lipinski definition) is 2. The highest BCUT2D eigenvalue weighted by Crippen LogP contribution is 1.99. The number of ether oxygens (including phenoxy) is 1. The van der Waals surface area contributed by atoms with Gasteiger partial charge in [0, 0.05) is 13.3 Å². The average molecular weight is 140 g/mol. The van der Waals surface area contributed by atoms with Crippen molar-refractivity contribution in [3.8, 4) is 0 Å². The van der Waals surface area contributed by atoms with Crippen LogP contribution in [0.5, 0.6) is 0 Å². The average Bonchev–Trinajstić information content (AvgIpc) is 1.86. The van der Waals surface area contributed by atoms with E-state index < -0.39 is 0 Å². The number of esters is 1. The SMILES string of the molecule is C=CCC(C=C)OC(C)=O. The van der Waals surface area contributed by atoms with Gasteiger partial charge in [-0.05, 0) is 0 Å². The fraction of sp³-hybridized carbons (Fsp3) is 0.375. The van der Waals surface area contributed by atoms with Gasteiger partial charge >= 0.3 is 5.97 Å². The molecule has 56 valence electrons. The normalized spacial score (nSPS) is 11.7. The van der Waals surface area contributed by atoms with Crippen LogP contribution in [-0.4, -0.2) is 12.1 Å². The molecule has 10 heavy (non-hydrogen) atoms. The first-order valence-electron chi connectivity index (χ1n) is 3.11. The summed E-state index contributed by atoms with van der Waals surface area (Å²) in [5, 5.41) is 0. The van der Waals surface area contributed by atoms with Gasteiger partial charge in [-0.2, -0.15) is 0 Å². The molecule has 0 N–H and O–H groups in total. The molecule has 0 aromatic rings. The lowest BCUT2D eigenvalue weighted by molar-refractivity contribution is -0.143. The minimum absolute atomic E-state index is 0.213. The fourth-order valence-electron chi connectivity index (χ4n) is 0.570. The van der Waals surface area contributed by atoms with Crippen molar-refractivity contribution in [3.63, 3.8) is 0 Å². The van der Waals surface area contributed by atoms with Crippen LogP contribution in [0.4, 0.5) is 0 Å². The Bertz CT molecular complexity index is 138. The van der Waals surface area contributed by atoms with Gasteiger partial charge in [0.05, 0.1) is 0 Å². The Labute approximate surface area is 61.2 Å². The third-order valence-corrected chi connectivity index (χ3v) is 0.979. The second kappa shape index (κ2) is 4.79. The number of rotatable bonds is 4. The highest BCUT2D eigenvalue weighted by atomic mass is 16.5. The summed E-state index contributed by atoms with van der Waals surface area (Å²) in [7, 11) is 0. The maximum atomic E-state index is 10.4. The van der Waals surface area contributed by atoms with Gasteiger partial charge in [-0.15, -0.1) is 6.58 Å². The lowest BCUT2D eigenvalue weighted by Crippen LogP contribution is -2.11. The van der Waals surface area contributed by atoms with Crippen molar-refractivity contribution in [3.05, 3.63) is 25.3 Å². The molecule has 0 aliphatic rings. The highest BCUT2D eigenvalue weighted by Gasteiger charge is 2.03. The Hall–Kier alpha value is -1.05. The summed E-state index contributed by atoms with van der Waals surface area (Å²) in [4.78, 5) is 10.4. The summed E-state index contributed by atoms with van der Waals surface area (Å²) < 4.78 is 4.81. The summed E-state index contributed by atoms with van der Waals surface area (Å²) in [5.74, 6) is -0.285. The second-order valence-corrected chi connectivity index (χ2v) is 1.91. The highest BCUT2D eigenvalue weighted by molar-refractivity contribution is 5.66. The van der Waals surface area contributed by atoms with E-state index in [9.17, 15) is 4.79 Å². The molecule has 0 aliphatic heterocycles. The van der Waals surface area contributed by atoms with Crippen LogP contribution in [0.15, 0.2) is 25.3 Å². The van der Waals surface area contributed by atoms with Crippen LogP contribution < -0.4 is 0 Å². The summed E-state index contributed by atoms with van der Waals surface area (Å²) in [6.07, 6.45) is 3.69. The number of carbonyl (C=O) groups excluding carboxylic acids is 1. The smallest absolute Gasteiger partial charge is 0.303 e. The molecule has 0 spiro atoms.